The molecule has 0 aliphatic heterocycles. The Balaban J connectivity index is 2.88. The predicted molar refractivity (Wildman–Crippen MR) is 73.2 cm³/mol. The smallest absolute Gasteiger partial charge is 0.232 e. The maximum atomic E-state index is 11.6. The van der Waals surface area contributed by atoms with Gasteiger partial charge < -0.3 is 5.32 Å². The highest BCUT2D eigenvalue weighted by molar-refractivity contribution is 7.92. The van der Waals surface area contributed by atoms with Crippen LogP contribution in [0.1, 0.15) is 25.8 Å². The standard InChI is InChI=1S/C12H18N2O3S/c1-4-7-18(16,17)14-11-5-6-12(9(2)8-11)13-10(3)15/h5-6,8,14H,4,7H2,1-3H3,(H,13,15). The van der Waals surface area contributed by atoms with Crippen LogP contribution in [-0.2, 0) is 14.8 Å². The lowest BCUT2D eigenvalue weighted by molar-refractivity contribution is -0.114. The van der Waals surface area contributed by atoms with Gasteiger partial charge in [-0.05, 0) is 37.1 Å². The number of hydrogen-bond donors (Lipinski definition) is 2. The molecule has 0 heterocycles. The molecule has 18 heavy (non-hydrogen) atoms. The van der Waals surface area contributed by atoms with E-state index >= 15 is 0 Å². The number of sulfonamides is 1. The summed E-state index contributed by atoms with van der Waals surface area (Å²) in [4.78, 5) is 10.9. The van der Waals surface area contributed by atoms with Crippen molar-refractivity contribution in [3.05, 3.63) is 23.8 Å². The topological polar surface area (TPSA) is 75.3 Å². The normalized spacial score (nSPS) is 11.1. The van der Waals surface area contributed by atoms with Crippen molar-refractivity contribution in [2.24, 2.45) is 0 Å². The minimum absolute atomic E-state index is 0.0967. The van der Waals surface area contributed by atoms with Gasteiger partial charge in [0, 0.05) is 18.3 Å². The first-order valence-electron chi connectivity index (χ1n) is 5.73. The van der Waals surface area contributed by atoms with Gasteiger partial charge in [0.15, 0.2) is 0 Å². The molecule has 0 radical (unpaired) electrons. The van der Waals surface area contributed by atoms with Gasteiger partial charge in [-0.3, -0.25) is 9.52 Å². The molecule has 0 aliphatic rings. The third-order valence-corrected chi connectivity index (χ3v) is 3.78. The van der Waals surface area contributed by atoms with Gasteiger partial charge in [0.2, 0.25) is 15.9 Å². The fraction of sp³-hybridized carbons (Fsp3) is 0.417. The molecule has 1 rings (SSSR count). The van der Waals surface area contributed by atoms with Gasteiger partial charge in [0.05, 0.1) is 5.75 Å². The van der Waals surface area contributed by atoms with Crippen LogP contribution in [-0.4, -0.2) is 20.1 Å². The van der Waals surface area contributed by atoms with Crippen LogP contribution in [0.3, 0.4) is 0 Å². The van der Waals surface area contributed by atoms with Gasteiger partial charge in [-0.2, -0.15) is 0 Å². The lowest BCUT2D eigenvalue weighted by Crippen LogP contribution is -2.16. The van der Waals surface area contributed by atoms with Gasteiger partial charge in [0.25, 0.3) is 0 Å². The Morgan fingerprint density at radius 1 is 1.33 bits per heavy atom. The van der Waals surface area contributed by atoms with Crippen LogP contribution in [0.2, 0.25) is 0 Å². The summed E-state index contributed by atoms with van der Waals surface area (Å²) in [5.41, 5.74) is 2.00. The number of benzene rings is 1. The molecule has 0 unspecified atom stereocenters. The molecule has 0 saturated carbocycles. The van der Waals surface area contributed by atoms with Crippen LogP contribution in [0.5, 0.6) is 0 Å². The van der Waals surface area contributed by atoms with Gasteiger partial charge in [-0.25, -0.2) is 8.42 Å². The van der Waals surface area contributed by atoms with Crippen LogP contribution in [0.4, 0.5) is 11.4 Å². The van der Waals surface area contributed by atoms with E-state index in [1.807, 2.05) is 13.8 Å². The van der Waals surface area contributed by atoms with E-state index in [0.717, 1.165) is 5.56 Å². The average molecular weight is 270 g/mol. The summed E-state index contributed by atoms with van der Waals surface area (Å²) in [5.74, 6) is -0.0585. The fourth-order valence-electron chi connectivity index (χ4n) is 1.56. The van der Waals surface area contributed by atoms with E-state index in [2.05, 4.69) is 10.0 Å². The number of nitrogens with one attached hydrogen (secondary N) is 2. The Kier molecular flexibility index (Phi) is 4.72. The van der Waals surface area contributed by atoms with Crippen molar-refractivity contribution in [2.75, 3.05) is 15.8 Å². The number of carbonyl (C=O) groups excluding carboxylic acids is 1. The molecule has 0 aromatic heterocycles. The van der Waals surface area contributed by atoms with E-state index < -0.39 is 10.0 Å². The minimum atomic E-state index is -3.27. The van der Waals surface area contributed by atoms with Crippen LogP contribution < -0.4 is 10.0 Å². The minimum Gasteiger partial charge on any atom is -0.326 e. The number of rotatable bonds is 5. The summed E-state index contributed by atoms with van der Waals surface area (Å²) in [7, 11) is -3.27. The molecule has 1 aromatic rings. The first-order chi connectivity index (χ1) is 8.34. The van der Waals surface area contributed by atoms with Gasteiger partial charge in [-0.1, -0.05) is 6.92 Å². The van der Waals surface area contributed by atoms with Crippen molar-refractivity contribution >= 4 is 27.3 Å². The first kappa shape index (κ1) is 14.5. The van der Waals surface area contributed by atoms with E-state index in [1.165, 1.54) is 6.92 Å². The Morgan fingerprint density at radius 3 is 2.50 bits per heavy atom. The van der Waals surface area contributed by atoms with Gasteiger partial charge in [0.1, 0.15) is 0 Å². The van der Waals surface area contributed by atoms with E-state index in [9.17, 15) is 13.2 Å². The van der Waals surface area contributed by atoms with Crippen LogP contribution in [0.25, 0.3) is 0 Å². The van der Waals surface area contributed by atoms with Crippen molar-refractivity contribution in [1.29, 1.82) is 0 Å². The molecule has 0 aliphatic carbocycles. The second-order valence-corrected chi connectivity index (χ2v) is 5.97. The average Bonchev–Trinajstić information content (AvgIpc) is 2.20. The molecule has 0 atom stereocenters. The quantitative estimate of drug-likeness (QED) is 0.860. The van der Waals surface area contributed by atoms with E-state index in [4.69, 9.17) is 0 Å². The Hall–Kier alpha value is -1.56. The monoisotopic (exact) mass is 270 g/mol. The molecule has 0 saturated heterocycles. The molecule has 100 valence electrons. The highest BCUT2D eigenvalue weighted by Gasteiger charge is 2.09. The van der Waals surface area contributed by atoms with Gasteiger partial charge >= 0.3 is 0 Å². The molecule has 0 bridgehead atoms. The van der Waals surface area contributed by atoms with E-state index in [-0.39, 0.29) is 11.7 Å². The summed E-state index contributed by atoms with van der Waals surface area (Å²) < 4.78 is 25.7. The zero-order valence-electron chi connectivity index (χ0n) is 10.8. The highest BCUT2D eigenvalue weighted by atomic mass is 32.2. The lowest BCUT2D eigenvalue weighted by Gasteiger charge is -2.11. The van der Waals surface area contributed by atoms with Crippen molar-refractivity contribution in [3.8, 4) is 0 Å². The summed E-state index contributed by atoms with van der Waals surface area (Å²) in [6, 6.07) is 5.00. The Bertz CT molecular complexity index is 538. The molecule has 5 nitrogen and oxygen atoms in total. The molecule has 1 aromatic carbocycles. The van der Waals surface area contributed by atoms with Crippen molar-refractivity contribution in [3.63, 3.8) is 0 Å². The zero-order chi connectivity index (χ0) is 13.8. The highest BCUT2D eigenvalue weighted by Crippen LogP contribution is 2.20. The lowest BCUT2D eigenvalue weighted by atomic mass is 10.2. The molecular formula is C12H18N2O3S. The van der Waals surface area contributed by atoms with Crippen LogP contribution >= 0.6 is 0 Å². The van der Waals surface area contributed by atoms with Crippen molar-refractivity contribution in [1.82, 2.24) is 0 Å². The molecule has 0 fully saturated rings. The summed E-state index contributed by atoms with van der Waals surface area (Å²) in [6.45, 7) is 5.05. The number of anilines is 2. The molecule has 0 spiro atoms. The Labute approximate surface area is 108 Å². The maximum Gasteiger partial charge on any atom is 0.232 e. The SMILES string of the molecule is CCCS(=O)(=O)Nc1ccc(NC(C)=O)c(C)c1. The van der Waals surface area contributed by atoms with Crippen LogP contribution in [0, 0.1) is 6.92 Å². The summed E-state index contributed by atoms with van der Waals surface area (Å²) >= 11 is 0. The number of aryl methyl sites for hydroxylation is 1. The van der Waals surface area contributed by atoms with Crippen molar-refractivity contribution in [2.45, 2.75) is 27.2 Å². The number of hydrogen-bond acceptors (Lipinski definition) is 3. The zero-order valence-corrected chi connectivity index (χ0v) is 11.6. The second kappa shape index (κ2) is 5.86. The summed E-state index contributed by atoms with van der Waals surface area (Å²) in [5, 5.41) is 2.67. The number of amides is 1. The number of carbonyl (C=O) groups is 1. The Morgan fingerprint density at radius 2 is 2.00 bits per heavy atom. The molecule has 1 amide bonds. The van der Waals surface area contributed by atoms with Gasteiger partial charge in [-0.15, -0.1) is 0 Å². The predicted octanol–water partition coefficient (Wildman–Crippen LogP) is 2.11. The third-order valence-electron chi connectivity index (χ3n) is 2.28. The summed E-state index contributed by atoms with van der Waals surface area (Å²) in [6.07, 6.45) is 0.568. The molecular weight excluding hydrogens is 252 g/mol. The second-order valence-electron chi connectivity index (χ2n) is 4.13. The molecule has 6 heteroatoms. The maximum absolute atomic E-state index is 11.6. The fourth-order valence-corrected chi connectivity index (χ4v) is 2.68. The largest absolute Gasteiger partial charge is 0.326 e. The molecule has 2 N–H and O–H groups in total. The van der Waals surface area contributed by atoms with E-state index in [1.54, 1.807) is 18.2 Å². The van der Waals surface area contributed by atoms with E-state index in [0.29, 0.717) is 17.8 Å². The van der Waals surface area contributed by atoms with Crippen molar-refractivity contribution < 1.29 is 13.2 Å². The first-order valence-corrected chi connectivity index (χ1v) is 7.38. The van der Waals surface area contributed by atoms with Crippen LogP contribution in [0.15, 0.2) is 18.2 Å². The third kappa shape index (κ3) is 4.37.